The molecule has 2 aromatic carbocycles. The average molecular weight is 361 g/mol. The van der Waals surface area contributed by atoms with E-state index >= 15 is 0 Å². The third kappa shape index (κ3) is 2.30. The third-order valence-electron chi connectivity index (χ3n) is 8.02. The van der Waals surface area contributed by atoms with Crippen LogP contribution in [0.15, 0.2) is 47.1 Å². The molecule has 2 bridgehead atoms. The van der Waals surface area contributed by atoms with Crippen LogP contribution in [0.4, 0.5) is 0 Å². The molecule has 5 rings (SSSR count). The van der Waals surface area contributed by atoms with Crippen molar-refractivity contribution in [3.05, 3.63) is 48.2 Å². The second kappa shape index (κ2) is 5.60. The van der Waals surface area contributed by atoms with Crippen LogP contribution in [0.1, 0.15) is 45.6 Å². The minimum absolute atomic E-state index is 0.111. The first-order valence-electron chi connectivity index (χ1n) is 10.1. The molecular weight excluding hydrogens is 334 g/mol. The number of nitrogens with one attached hydrogen (secondary N) is 1. The van der Waals surface area contributed by atoms with Crippen molar-refractivity contribution in [1.29, 1.82) is 0 Å². The maximum absolute atomic E-state index is 12.9. The van der Waals surface area contributed by atoms with Gasteiger partial charge >= 0.3 is 0 Å². The Hall–Kier alpha value is -2.29. The van der Waals surface area contributed by atoms with Crippen LogP contribution in [0.2, 0.25) is 0 Å². The van der Waals surface area contributed by atoms with Crippen molar-refractivity contribution in [3.8, 4) is 0 Å². The van der Waals surface area contributed by atoms with E-state index in [9.17, 15) is 4.79 Å². The summed E-state index contributed by atoms with van der Waals surface area (Å²) in [5, 5.41) is 6.78. The summed E-state index contributed by atoms with van der Waals surface area (Å²) in [4.78, 5) is 12.9. The average Bonchev–Trinajstić information content (AvgIpc) is 3.21. The predicted molar refractivity (Wildman–Crippen MR) is 109 cm³/mol. The number of amides is 1. The van der Waals surface area contributed by atoms with Gasteiger partial charge in [0.25, 0.3) is 0 Å². The highest BCUT2D eigenvalue weighted by Gasteiger charge is 2.61. The number of hydrogen-bond acceptors (Lipinski definition) is 2. The summed E-state index contributed by atoms with van der Waals surface area (Å²) in [6, 6.07) is 12.6. The van der Waals surface area contributed by atoms with Gasteiger partial charge in [-0.25, -0.2) is 0 Å². The lowest BCUT2D eigenvalue weighted by molar-refractivity contribution is -0.122. The largest absolute Gasteiger partial charge is 0.464 e. The minimum Gasteiger partial charge on any atom is -0.464 e. The maximum atomic E-state index is 12.9. The standard InChI is InChI=1S/C24H27NO2/c1-23(2)17-10-11-24(23,3)20(13-17)25-21(26)12-16-14-27-19-9-8-15-6-4-5-7-18(15)22(16)19/h4-9,14,17,20H,10-13H2,1-3H3,(H,25,26)/t17-,20-,24-/m1/s1. The van der Waals surface area contributed by atoms with Crippen LogP contribution in [0.25, 0.3) is 21.7 Å². The Morgan fingerprint density at radius 2 is 2.00 bits per heavy atom. The van der Waals surface area contributed by atoms with E-state index < -0.39 is 0 Å². The van der Waals surface area contributed by atoms with Gasteiger partial charge in [0, 0.05) is 17.0 Å². The van der Waals surface area contributed by atoms with Gasteiger partial charge in [0.15, 0.2) is 0 Å². The van der Waals surface area contributed by atoms with Crippen LogP contribution in [0.5, 0.6) is 0 Å². The first-order valence-corrected chi connectivity index (χ1v) is 10.1. The van der Waals surface area contributed by atoms with Gasteiger partial charge in [0.2, 0.25) is 5.91 Å². The summed E-state index contributed by atoms with van der Waals surface area (Å²) >= 11 is 0. The Bertz CT molecular complexity index is 1050. The van der Waals surface area contributed by atoms with Crippen LogP contribution >= 0.6 is 0 Å². The van der Waals surface area contributed by atoms with E-state index in [1.54, 1.807) is 6.26 Å². The molecule has 1 N–H and O–H groups in total. The Morgan fingerprint density at radius 1 is 1.19 bits per heavy atom. The smallest absolute Gasteiger partial charge is 0.224 e. The molecule has 3 heteroatoms. The molecule has 27 heavy (non-hydrogen) atoms. The monoisotopic (exact) mass is 361 g/mol. The number of hydrogen-bond donors (Lipinski definition) is 1. The van der Waals surface area contributed by atoms with E-state index in [-0.39, 0.29) is 17.4 Å². The van der Waals surface area contributed by atoms with Crippen molar-refractivity contribution in [2.45, 2.75) is 52.5 Å². The SMILES string of the molecule is CC1(C)[C@@H]2CC[C@]1(C)[C@H](NC(=O)Cc1coc3ccc4ccccc4c13)C2. The van der Waals surface area contributed by atoms with E-state index in [0.717, 1.165) is 34.3 Å². The van der Waals surface area contributed by atoms with Gasteiger partial charge in [0.05, 0.1) is 12.7 Å². The van der Waals surface area contributed by atoms with Crippen molar-refractivity contribution in [2.75, 3.05) is 0 Å². The molecule has 1 heterocycles. The Morgan fingerprint density at radius 3 is 2.74 bits per heavy atom. The second-order valence-electron chi connectivity index (χ2n) is 9.33. The van der Waals surface area contributed by atoms with E-state index in [2.05, 4.69) is 44.3 Å². The minimum atomic E-state index is 0.111. The first-order chi connectivity index (χ1) is 12.9. The lowest BCUT2D eigenvalue weighted by Gasteiger charge is -2.39. The van der Waals surface area contributed by atoms with Crippen molar-refractivity contribution in [1.82, 2.24) is 5.32 Å². The Balaban J connectivity index is 1.42. The lowest BCUT2D eigenvalue weighted by Crippen LogP contribution is -2.47. The number of benzene rings is 2. The van der Waals surface area contributed by atoms with Gasteiger partial charge in [-0.05, 0) is 52.8 Å². The van der Waals surface area contributed by atoms with Gasteiger partial charge < -0.3 is 9.73 Å². The third-order valence-corrected chi connectivity index (χ3v) is 8.02. The molecule has 2 fully saturated rings. The zero-order valence-corrected chi connectivity index (χ0v) is 16.3. The molecule has 0 saturated heterocycles. The van der Waals surface area contributed by atoms with Gasteiger partial charge in [-0.3, -0.25) is 4.79 Å². The molecule has 0 radical (unpaired) electrons. The molecule has 1 amide bonds. The predicted octanol–water partition coefficient (Wildman–Crippen LogP) is 5.46. The van der Waals surface area contributed by atoms with Crippen LogP contribution in [-0.4, -0.2) is 11.9 Å². The summed E-state index contributed by atoms with van der Waals surface area (Å²) in [6.07, 6.45) is 5.76. The molecular formula is C24H27NO2. The maximum Gasteiger partial charge on any atom is 0.224 e. The Labute approximate surface area is 160 Å². The summed E-state index contributed by atoms with van der Waals surface area (Å²) < 4.78 is 5.75. The number of carbonyl (C=O) groups is 1. The highest BCUT2D eigenvalue weighted by Crippen LogP contribution is 2.65. The number of furan rings is 1. The van der Waals surface area contributed by atoms with Crippen molar-refractivity contribution in [3.63, 3.8) is 0 Å². The molecule has 3 aromatic rings. The molecule has 2 aliphatic rings. The zero-order chi connectivity index (χ0) is 18.8. The molecule has 3 nitrogen and oxygen atoms in total. The summed E-state index contributed by atoms with van der Waals surface area (Å²) in [5.41, 5.74) is 2.35. The van der Waals surface area contributed by atoms with Gasteiger partial charge in [-0.15, -0.1) is 0 Å². The number of fused-ring (bicyclic) bond motifs is 5. The van der Waals surface area contributed by atoms with E-state index in [1.807, 2.05) is 18.2 Å². The van der Waals surface area contributed by atoms with Crippen molar-refractivity contribution >= 4 is 27.6 Å². The van der Waals surface area contributed by atoms with Crippen LogP contribution in [0.3, 0.4) is 0 Å². The summed E-state index contributed by atoms with van der Waals surface area (Å²) in [6.45, 7) is 7.13. The van der Waals surface area contributed by atoms with E-state index in [4.69, 9.17) is 4.42 Å². The molecule has 140 valence electrons. The van der Waals surface area contributed by atoms with Gasteiger partial charge in [-0.1, -0.05) is 51.1 Å². The number of carbonyl (C=O) groups excluding carboxylic acids is 1. The fourth-order valence-corrected chi connectivity index (χ4v) is 5.84. The van der Waals surface area contributed by atoms with Crippen LogP contribution < -0.4 is 5.32 Å². The molecule has 0 unspecified atom stereocenters. The summed E-state index contributed by atoms with van der Waals surface area (Å²) in [5.74, 6) is 0.840. The van der Waals surface area contributed by atoms with Crippen molar-refractivity contribution < 1.29 is 9.21 Å². The van der Waals surface area contributed by atoms with E-state index in [1.165, 1.54) is 18.2 Å². The zero-order valence-electron chi connectivity index (χ0n) is 16.3. The first kappa shape index (κ1) is 16.9. The number of rotatable bonds is 3. The normalized spacial score (nSPS) is 28.9. The summed E-state index contributed by atoms with van der Waals surface area (Å²) in [7, 11) is 0. The molecule has 1 aromatic heterocycles. The highest BCUT2D eigenvalue weighted by molar-refractivity contribution is 6.08. The van der Waals surface area contributed by atoms with Gasteiger partial charge in [0.1, 0.15) is 5.58 Å². The second-order valence-corrected chi connectivity index (χ2v) is 9.33. The van der Waals surface area contributed by atoms with Crippen LogP contribution in [0, 0.1) is 16.7 Å². The molecule has 3 atom stereocenters. The van der Waals surface area contributed by atoms with E-state index in [0.29, 0.717) is 11.8 Å². The van der Waals surface area contributed by atoms with Crippen molar-refractivity contribution in [2.24, 2.45) is 16.7 Å². The highest BCUT2D eigenvalue weighted by atomic mass is 16.3. The molecule has 0 spiro atoms. The topological polar surface area (TPSA) is 42.2 Å². The van der Waals surface area contributed by atoms with Crippen LogP contribution in [-0.2, 0) is 11.2 Å². The molecule has 2 aliphatic carbocycles. The lowest BCUT2D eigenvalue weighted by atomic mass is 9.69. The molecule has 0 aliphatic heterocycles. The Kier molecular flexibility index (Phi) is 3.50. The quantitative estimate of drug-likeness (QED) is 0.673. The fourth-order valence-electron chi connectivity index (χ4n) is 5.84. The van der Waals surface area contributed by atoms with Gasteiger partial charge in [-0.2, -0.15) is 0 Å². The fraction of sp³-hybridized carbons (Fsp3) is 0.458. The molecule has 2 saturated carbocycles.